The van der Waals surface area contributed by atoms with E-state index < -0.39 is 0 Å². The number of halogens is 1. The molecule has 0 heterocycles. The number of fused-ring (bicyclic) bond motifs is 1. The highest BCUT2D eigenvalue weighted by Crippen LogP contribution is 2.20. The zero-order chi connectivity index (χ0) is 13.8. The normalized spacial score (nSPS) is 11.1. The monoisotopic (exact) mass is 280 g/mol. The SMILES string of the molecule is Clc1ccccc1N/N=C/c1cccc2ccccc12. The summed E-state index contributed by atoms with van der Waals surface area (Å²) in [4.78, 5) is 0. The lowest BCUT2D eigenvalue weighted by atomic mass is 10.1. The van der Waals surface area contributed by atoms with E-state index >= 15 is 0 Å². The van der Waals surface area contributed by atoms with Crippen molar-refractivity contribution in [3.63, 3.8) is 0 Å². The summed E-state index contributed by atoms with van der Waals surface area (Å²) >= 11 is 6.06. The molecule has 3 aromatic carbocycles. The van der Waals surface area contributed by atoms with Crippen LogP contribution in [0.5, 0.6) is 0 Å². The number of para-hydroxylation sites is 1. The van der Waals surface area contributed by atoms with Crippen molar-refractivity contribution in [2.24, 2.45) is 5.10 Å². The molecule has 3 heteroatoms. The first-order valence-corrected chi connectivity index (χ1v) is 6.74. The van der Waals surface area contributed by atoms with Crippen molar-refractivity contribution in [2.45, 2.75) is 0 Å². The lowest BCUT2D eigenvalue weighted by Gasteiger charge is -2.03. The molecule has 1 N–H and O–H groups in total. The first-order valence-electron chi connectivity index (χ1n) is 6.36. The molecule has 0 aliphatic rings. The first kappa shape index (κ1) is 12.7. The van der Waals surface area contributed by atoms with Gasteiger partial charge in [-0.3, -0.25) is 5.43 Å². The molecule has 98 valence electrons. The minimum atomic E-state index is 0.655. The number of nitrogens with zero attached hydrogens (tertiary/aromatic N) is 1. The Hall–Kier alpha value is -2.32. The third-order valence-electron chi connectivity index (χ3n) is 3.09. The number of anilines is 1. The molecule has 0 aromatic heterocycles. The van der Waals surface area contributed by atoms with Gasteiger partial charge in [0, 0.05) is 5.56 Å². The summed E-state index contributed by atoms with van der Waals surface area (Å²) in [7, 11) is 0. The molecule has 0 amide bonds. The summed E-state index contributed by atoms with van der Waals surface area (Å²) < 4.78 is 0. The van der Waals surface area contributed by atoms with Crippen LogP contribution in [-0.2, 0) is 0 Å². The average Bonchev–Trinajstić information content (AvgIpc) is 2.49. The van der Waals surface area contributed by atoms with Crippen LogP contribution in [0.4, 0.5) is 5.69 Å². The third-order valence-corrected chi connectivity index (χ3v) is 3.42. The third kappa shape index (κ3) is 2.65. The molecule has 0 bridgehead atoms. The Morgan fingerprint density at radius 2 is 1.60 bits per heavy atom. The fourth-order valence-corrected chi connectivity index (χ4v) is 2.26. The van der Waals surface area contributed by atoms with Crippen LogP contribution in [0.2, 0.25) is 5.02 Å². The van der Waals surface area contributed by atoms with Crippen LogP contribution in [0.1, 0.15) is 5.56 Å². The van der Waals surface area contributed by atoms with Gasteiger partial charge in [-0.1, -0.05) is 66.2 Å². The Morgan fingerprint density at radius 3 is 2.50 bits per heavy atom. The number of hydrazone groups is 1. The average molecular weight is 281 g/mol. The molecule has 0 saturated heterocycles. The van der Waals surface area contributed by atoms with Crippen molar-refractivity contribution in [1.82, 2.24) is 0 Å². The van der Waals surface area contributed by atoms with Crippen molar-refractivity contribution < 1.29 is 0 Å². The van der Waals surface area contributed by atoms with Gasteiger partial charge in [0.15, 0.2) is 0 Å². The van der Waals surface area contributed by atoms with Gasteiger partial charge in [-0.2, -0.15) is 5.10 Å². The van der Waals surface area contributed by atoms with E-state index in [9.17, 15) is 0 Å². The Balaban J connectivity index is 1.86. The molecule has 20 heavy (non-hydrogen) atoms. The Morgan fingerprint density at radius 1 is 0.850 bits per heavy atom. The molecule has 0 radical (unpaired) electrons. The van der Waals surface area contributed by atoms with Crippen LogP contribution in [0, 0.1) is 0 Å². The van der Waals surface area contributed by atoms with Crippen molar-refractivity contribution in [2.75, 3.05) is 5.43 Å². The van der Waals surface area contributed by atoms with E-state index in [1.54, 1.807) is 0 Å². The molecule has 0 aliphatic carbocycles. The summed E-state index contributed by atoms with van der Waals surface area (Å²) in [5.41, 5.74) is 4.83. The van der Waals surface area contributed by atoms with Crippen molar-refractivity contribution in [3.8, 4) is 0 Å². The number of nitrogens with one attached hydrogen (secondary N) is 1. The number of rotatable bonds is 3. The number of hydrogen-bond acceptors (Lipinski definition) is 2. The largest absolute Gasteiger partial charge is 0.277 e. The topological polar surface area (TPSA) is 24.4 Å². The summed E-state index contributed by atoms with van der Waals surface area (Å²) in [6, 6.07) is 21.9. The van der Waals surface area contributed by atoms with E-state index in [2.05, 4.69) is 28.7 Å². The van der Waals surface area contributed by atoms with Gasteiger partial charge in [0.25, 0.3) is 0 Å². The van der Waals surface area contributed by atoms with Crippen LogP contribution >= 0.6 is 11.6 Å². The van der Waals surface area contributed by atoms with Gasteiger partial charge in [-0.05, 0) is 22.9 Å². The molecule has 0 spiro atoms. The minimum Gasteiger partial charge on any atom is -0.277 e. The molecule has 0 saturated carbocycles. The second kappa shape index (κ2) is 5.76. The molecule has 3 aromatic rings. The molecule has 0 fully saturated rings. The van der Waals surface area contributed by atoms with E-state index in [0.29, 0.717) is 5.02 Å². The molecular weight excluding hydrogens is 268 g/mol. The predicted molar refractivity (Wildman–Crippen MR) is 86.6 cm³/mol. The second-order valence-electron chi connectivity index (χ2n) is 4.42. The smallest absolute Gasteiger partial charge is 0.0748 e. The van der Waals surface area contributed by atoms with Crippen molar-refractivity contribution >= 4 is 34.3 Å². The fourth-order valence-electron chi connectivity index (χ4n) is 2.09. The first-order chi connectivity index (χ1) is 9.84. The van der Waals surface area contributed by atoms with Crippen LogP contribution in [-0.4, -0.2) is 6.21 Å². The van der Waals surface area contributed by atoms with Gasteiger partial charge in [0.05, 0.1) is 16.9 Å². The number of benzene rings is 3. The van der Waals surface area contributed by atoms with Gasteiger partial charge in [-0.25, -0.2) is 0 Å². The summed E-state index contributed by atoms with van der Waals surface area (Å²) in [5.74, 6) is 0. The van der Waals surface area contributed by atoms with Crippen LogP contribution in [0.25, 0.3) is 10.8 Å². The maximum Gasteiger partial charge on any atom is 0.0748 e. The van der Waals surface area contributed by atoms with Crippen molar-refractivity contribution in [3.05, 3.63) is 77.3 Å². The molecule has 3 rings (SSSR count). The highest BCUT2D eigenvalue weighted by Gasteiger charge is 1.98. The van der Waals surface area contributed by atoms with E-state index in [1.807, 2.05) is 54.7 Å². The zero-order valence-corrected chi connectivity index (χ0v) is 11.5. The van der Waals surface area contributed by atoms with Gasteiger partial charge < -0.3 is 0 Å². The standard InChI is InChI=1S/C17H13ClN2/c18-16-10-3-4-11-17(16)20-19-12-14-8-5-7-13-6-1-2-9-15(13)14/h1-12,20H/b19-12+. The second-order valence-corrected chi connectivity index (χ2v) is 4.83. The quantitative estimate of drug-likeness (QED) is 0.533. The molecule has 0 atom stereocenters. The summed E-state index contributed by atoms with van der Waals surface area (Å²) in [6.07, 6.45) is 1.81. The highest BCUT2D eigenvalue weighted by molar-refractivity contribution is 6.33. The Kier molecular flexibility index (Phi) is 3.66. The van der Waals surface area contributed by atoms with E-state index in [1.165, 1.54) is 10.8 Å². The Labute approximate surface area is 122 Å². The summed E-state index contributed by atoms with van der Waals surface area (Å²) in [6.45, 7) is 0. The van der Waals surface area contributed by atoms with Gasteiger partial charge in [0.1, 0.15) is 0 Å². The molecular formula is C17H13ClN2. The van der Waals surface area contributed by atoms with E-state index in [0.717, 1.165) is 11.3 Å². The zero-order valence-electron chi connectivity index (χ0n) is 10.8. The van der Waals surface area contributed by atoms with Gasteiger partial charge in [-0.15, -0.1) is 0 Å². The molecule has 0 aliphatic heterocycles. The highest BCUT2D eigenvalue weighted by atomic mass is 35.5. The fraction of sp³-hybridized carbons (Fsp3) is 0. The lowest BCUT2D eigenvalue weighted by Crippen LogP contribution is -1.92. The molecule has 0 unspecified atom stereocenters. The van der Waals surface area contributed by atoms with Crippen LogP contribution in [0.3, 0.4) is 0 Å². The minimum absolute atomic E-state index is 0.655. The maximum atomic E-state index is 6.06. The Bertz CT molecular complexity index is 760. The predicted octanol–water partition coefficient (Wildman–Crippen LogP) is 4.94. The van der Waals surface area contributed by atoms with Crippen molar-refractivity contribution in [1.29, 1.82) is 0 Å². The maximum absolute atomic E-state index is 6.06. The van der Waals surface area contributed by atoms with Gasteiger partial charge >= 0.3 is 0 Å². The summed E-state index contributed by atoms with van der Waals surface area (Å²) in [5, 5.41) is 7.30. The van der Waals surface area contributed by atoms with Gasteiger partial charge in [0.2, 0.25) is 0 Å². The van der Waals surface area contributed by atoms with E-state index in [4.69, 9.17) is 11.6 Å². The van der Waals surface area contributed by atoms with Crippen LogP contribution in [0.15, 0.2) is 71.8 Å². The molecule has 2 nitrogen and oxygen atoms in total. The van der Waals surface area contributed by atoms with E-state index in [-0.39, 0.29) is 0 Å². The number of hydrogen-bond donors (Lipinski definition) is 1. The lowest BCUT2D eigenvalue weighted by molar-refractivity contribution is 1.35. The van der Waals surface area contributed by atoms with Crippen LogP contribution < -0.4 is 5.43 Å².